The summed E-state index contributed by atoms with van der Waals surface area (Å²) < 4.78 is 0. The topological polar surface area (TPSA) is 248 Å². The Balaban J connectivity index is 1.24. The molecule has 0 bridgehead atoms. The zero-order valence-corrected chi connectivity index (χ0v) is 39.4. The van der Waals surface area contributed by atoms with Gasteiger partial charge in [0.2, 0.25) is 0 Å². The van der Waals surface area contributed by atoms with Gasteiger partial charge in [-0.15, -0.1) is 11.3 Å². The summed E-state index contributed by atoms with van der Waals surface area (Å²) in [4.78, 5) is 48.1. The molecule has 0 atom stereocenters. The third kappa shape index (κ3) is 12.6. The number of carbonyl (C=O) groups is 4. The van der Waals surface area contributed by atoms with Crippen LogP contribution in [0.3, 0.4) is 0 Å². The summed E-state index contributed by atoms with van der Waals surface area (Å²) in [6.07, 6.45) is 9.10. The molecule has 0 aliphatic rings. The number of hydrogen-bond donors (Lipinski definition) is 4. The first-order valence-electron chi connectivity index (χ1n) is 22.1. The van der Waals surface area contributed by atoms with Gasteiger partial charge in [0, 0.05) is 11.4 Å². The summed E-state index contributed by atoms with van der Waals surface area (Å²) in [6, 6.07) is 54.7. The summed E-state index contributed by atoms with van der Waals surface area (Å²) in [5, 5.41) is 77.6. The molecular formula is C60H37N5O8S. The normalized spacial score (nSPS) is 11.4. The molecule has 0 amide bonds. The molecule has 1 heterocycles. The molecule has 356 valence electrons. The molecule has 0 spiro atoms. The largest absolute Gasteiger partial charge is 0.477 e. The molecule has 1 aromatic heterocycles. The second-order valence-corrected chi connectivity index (χ2v) is 16.9. The van der Waals surface area contributed by atoms with Crippen LogP contribution in [0.5, 0.6) is 0 Å². The molecule has 0 radical (unpaired) electrons. The van der Waals surface area contributed by atoms with Crippen molar-refractivity contribution >= 4 is 99.2 Å². The van der Waals surface area contributed by atoms with E-state index in [4.69, 9.17) is 0 Å². The van der Waals surface area contributed by atoms with Gasteiger partial charge in [0.25, 0.3) is 0 Å². The van der Waals surface area contributed by atoms with Gasteiger partial charge in [-0.3, -0.25) is 0 Å². The third-order valence-electron chi connectivity index (χ3n) is 11.2. The van der Waals surface area contributed by atoms with Crippen LogP contribution in [0.25, 0.3) is 47.6 Å². The van der Waals surface area contributed by atoms with E-state index in [9.17, 15) is 60.7 Å². The molecule has 13 nitrogen and oxygen atoms in total. The second kappa shape index (κ2) is 23.6. The number of rotatable bonds is 17. The van der Waals surface area contributed by atoms with Crippen molar-refractivity contribution in [2.24, 2.45) is 0 Å². The monoisotopic (exact) mass is 987 g/mol. The summed E-state index contributed by atoms with van der Waals surface area (Å²) in [5.74, 6) is -5.35. The lowest BCUT2D eigenvalue weighted by molar-refractivity contribution is -0.133. The fraction of sp³-hybridized carbons (Fsp3) is 0. The summed E-state index contributed by atoms with van der Waals surface area (Å²) >= 11 is 1.55. The van der Waals surface area contributed by atoms with Crippen molar-refractivity contribution in [1.82, 2.24) is 0 Å². The number of nitriles is 4. The average molecular weight is 988 g/mol. The fourth-order valence-electron chi connectivity index (χ4n) is 7.51. The van der Waals surface area contributed by atoms with Crippen LogP contribution in [0, 0.1) is 45.3 Å². The molecule has 0 saturated heterocycles. The second-order valence-electron chi connectivity index (χ2n) is 16.0. The van der Waals surface area contributed by atoms with Crippen LogP contribution in [-0.4, -0.2) is 44.3 Å². The Kier molecular flexibility index (Phi) is 16.3. The van der Waals surface area contributed by atoms with E-state index in [1.54, 1.807) is 84.1 Å². The minimum atomic E-state index is -1.34. The van der Waals surface area contributed by atoms with Crippen LogP contribution in [0.15, 0.2) is 185 Å². The molecule has 0 fully saturated rings. The Morgan fingerprint density at radius 3 is 0.824 bits per heavy atom. The lowest BCUT2D eigenvalue weighted by Crippen LogP contribution is -2.08. The summed E-state index contributed by atoms with van der Waals surface area (Å²) in [7, 11) is 0. The van der Waals surface area contributed by atoms with E-state index in [0.29, 0.717) is 22.3 Å². The van der Waals surface area contributed by atoms with Crippen LogP contribution in [0.1, 0.15) is 55.6 Å². The number of nitrogens with zero attached hydrogens (tertiary/aromatic N) is 5. The molecule has 74 heavy (non-hydrogen) atoms. The van der Waals surface area contributed by atoms with Crippen LogP contribution in [0.4, 0.5) is 16.4 Å². The SMILES string of the molecule is N#C/C(=C\c1ccc(C(=Cc2ccc(N(c3ccc(C=C(c4ccc(/C=C(\C#N)C(=O)O)cc4)c4ccc(/C=C(\C#N)C(=O)O)cc4)cc3)c3cccs3)cc2)c2ccc(/C=C(\C#N)C(=O)O)cc2)cc1)C(=O)O. The van der Waals surface area contributed by atoms with Gasteiger partial charge >= 0.3 is 23.9 Å². The molecule has 0 unspecified atom stereocenters. The zero-order valence-electron chi connectivity index (χ0n) is 38.6. The summed E-state index contributed by atoms with van der Waals surface area (Å²) in [6.45, 7) is 0. The van der Waals surface area contributed by atoms with Gasteiger partial charge in [-0.1, -0.05) is 121 Å². The highest BCUT2D eigenvalue weighted by atomic mass is 32.1. The standard InChI is InChI=1S/C60H37N5O8S/c61-34-48(57(66)67)28-38-3-15-44(16-4-38)54(45-17-5-39(6-18-45)29-49(35-62)58(68)69)32-42-11-23-52(24-12-42)65(56-2-1-27-74-56)53-25-13-43(14-26-53)33-55(46-19-7-40(8-20-46)30-50(36-63)59(70)71)47-21-9-41(10-22-47)31-51(37-64)60(72)73/h1-33H,(H,66,67)(H,68,69)(H,70,71)(H,72,73)/b48-28+,49-29+,50-30+,51-31+. The van der Waals surface area contributed by atoms with Crippen molar-refractivity contribution in [3.8, 4) is 24.3 Å². The number of anilines is 3. The van der Waals surface area contributed by atoms with E-state index in [1.807, 2.05) is 127 Å². The first-order valence-corrected chi connectivity index (χ1v) is 22.9. The highest BCUT2D eigenvalue weighted by Gasteiger charge is 2.16. The maximum Gasteiger partial charge on any atom is 0.346 e. The molecule has 7 aromatic rings. The lowest BCUT2D eigenvalue weighted by atomic mass is 9.93. The quantitative estimate of drug-likeness (QED) is 0.0377. The Hall–Kier alpha value is -10.9. The predicted octanol–water partition coefficient (Wildman–Crippen LogP) is 12.4. The van der Waals surface area contributed by atoms with Crippen LogP contribution in [0.2, 0.25) is 0 Å². The number of aliphatic carboxylic acids is 4. The van der Waals surface area contributed by atoms with Crippen molar-refractivity contribution in [3.63, 3.8) is 0 Å². The molecular weight excluding hydrogens is 951 g/mol. The fourth-order valence-corrected chi connectivity index (χ4v) is 8.28. The van der Waals surface area contributed by atoms with E-state index >= 15 is 0 Å². The van der Waals surface area contributed by atoms with Crippen molar-refractivity contribution in [3.05, 3.63) is 241 Å². The van der Waals surface area contributed by atoms with Crippen LogP contribution < -0.4 is 4.90 Å². The molecule has 4 N–H and O–H groups in total. The van der Waals surface area contributed by atoms with Crippen molar-refractivity contribution < 1.29 is 39.6 Å². The van der Waals surface area contributed by atoms with Gasteiger partial charge in [-0.2, -0.15) is 21.0 Å². The first kappa shape index (κ1) is 51.0. The minimum Gasteiger partial charge on any atom is -0.477 e. The van der Waals surface area contributed by atoms with E-state index in [1.165, 1.54) is 24.3 Å². The van der Waals surface area contributed by atoms with Gasteiger partial charge < -0.3 is 25.3 Å². The van der Waals surface area contributed by atoms with E-state index < -0.39 is 46.2 Å². The van der Waals surface area contributed by atoms with Crippen molar-refractivity contribution in [2.45, 2.75) is 0 Å². The molecule has 0 saturated carbocycles. The van der Waals surface area contributed by atoms with E-state index in [-0.39, 0.29) is 0 Å². The van der Waals surface area contributed by atoms with E-state index in [2.05, 4.69) is 4.90 Å². The highest BCUT2D eigenvalue weighted by molar-refractivity contribution is 7.14. The number of hydrogen-bond acceptors (Lipinski definition) is 10. The minimum absolute atomic E-state index is 0.411. The number of benzene rings is 6. The average Bonchev–Trinajstić information content (AvgIpc) is 3.95. The Bertz CT molecular complexity index is 3250. The highest BCUT2D eigenvalue weighted by Crippen LogP contribution is 2.39. The zero-order chi connectivity index (χ0) is 52.7. The van der Waals surface area contributed by atoms with Gasteiger partial charge in [0.15, 0.2) is 0 Å². The predicted molar refractivity (Wildman–Crippen MR) is 284 cm³/mol. The number of carboxylic acid groups (broad SMARTS) is 4. The first-order chi connectivity index (χ1) is 35.8. The van der Waals surface area contributed by atoms with Gasteiger partial charge in [-0.05, 0) is 145 Å². The van der Waals surface area contributed by atoms with Crippen LogP contribution in [-0.2, 0) is 19.2 Å². The molecule has 14 heteroatoms. The smallest absolute Gasteiger partial charge is 0.346 e. The summed E-state index contributed by atoms with van der Waals surface area (Å²) in [5.41, 5.74) is 8.40. The lowest BCUT2D eigenvalue weighted by Gasteiger charge is -2.24. The van der Waals surface area contributed by atoms with Gasteiger partial charge in [0.05, 0.1) is 5.00 Å². The maximum atomic E-state index is 11.5. The van der Waals surface area contributed by atoms with Crippen LogP contribution >= 0.6 is 11.3 Å². The molecule has 0 aliphatic heterocycles. The third-order valence-corrected chi connectivity index (χ3v) is 12.0. The van der Waals surface area contributed by atoms with Gasteiger partial charge in [0.1, 0.15) is 46.6 Å². The maximum absolute atomic E-state index is 11.5. The van der Waals surface area contributed by atoms with Gasteiger partial charge in [-0.25, -0.2) is 19.2 Å². The Morgan fingerprint density at radius 2 is 0.608 bits per heavy atom. The van der Waals surface area contributed by atoms with Crippen molar-refractivity contribution in [2.75, 3.05) is 4.90 Å². The number of thiophene rings is 1. The Labute approximate surface area is 428 Å². The molecule has 0 aliphatic carbocycles. The molecule has 6 aromatic carbocycles. The molecule has 7 rings (SSSR count). The number of carboxylic acids is 4. The Morgan fingerprint density at radius 1 is 0.365 bits per heavy atom. The van der Waals surface area contributed by atoms with Crippen molar-refractivity contribution in [1.29, 1.82) is 21.0 Å². The van der Waals surface area contributed by atoms with E-state index in [0.717, 1.165) is 60.9 Å².